The highest BCUT2D eigenvalue weighted by molar-refractivity contribution is 5.92. The first-order chi connectivity index (χ1) is 16.7. The Labute approximate surface area is 198 Å². The number of carbonyl (C=O) groups is 1. The third-order valence-electron chi connectivity index (χ3n) is 5.37. The minimum Gasteiger partial charge on any atom is -0.486 e. The van der Waals surface area contributed by atoms with E-state index in [4.69, 9.17) is 19.2 Å². The Morgan fingerprint density at radius 2 is 1.53 bits per heavy atom. The predicted octanol–water partition coefficient (Wildman–Crippen LogP) is 5.34. The van der Waals surface area contributed by atoms with Crippen molar-refractivity contribution in [2.45, 2.75) is 6.61 Å². The molecule has 34 heavy (non-hydrogen) atoms. The zero-order valence-corrected chi connectivity index (χ0v) is 18.6. The summed E-state index contributed by atoms with van der Waals surface area (Å²) in [6.45, 7) is 1.48. The number of fused-ring (bicyclic) bond motifs is 1. The van der Waals surface area contributed by atoms with E-state index in [0.29, 0.717) is 25.5 Å². The summed E-state index contributed by atoms with van der Waals surface area (Å²) in [4.78, 5) is 17.2. The lowest BCUT2D eigenvalue weighted by atomic mass is 10.1. The first-order valence-corrected chi connectivity index (χ1v) is 11.1. The number of anilines is 1. The van der Waals surface area contributed by atoms with Gasteiger partial charge in [-0.1, -0.05) is 48.5 Å². The van der Waals surface area contributed by atoms with Crippen LogP contribution in [0.3, 0.4) is 0 Å². The Morgan fingerprint density at radius 3 is 2.35 bits per heavy atom. The summed E-state index contributed by atoms with van der Waals surface area (Å²) in [6, 6.07) is 29.1. The molecule has 6 nitrogen and oxygen atoms in total. The summed E-state index contributed by atoms with van der Waals surface area (Å²) < 4.78 is 16.8. The third-order valence-corrected chi connectivity index (χ3v) is 5.37. The van der Waals surface area contributed by atoms with Crippen LogP contribution in [0.15, 0.2) is 91.0 Å². The molecule has 0 spiro atoms. The molecule has 0 atom stereocenters. The zero-order chi connectivity index (χ0) is 23.2. The van der Waals surface area contributed by atoms with Crippen molar-refractivity contribution in [3.63, 3.8) is 0 Å². The Balaban J connectivity index is 1.26. The maximum absolute atomic E-state index is 12.3. The molecule has 3 aromatic carbocycles. The number of rotatable bonds is 7. The second-order valence-electron chi connectivity index (χ2n) is 7.87. The van der Waals surface area contributed by atoms with Gasteiger partial charge in [0, 0.05) is 16.8 Å². The number of pyridine rings is 1. The average Bonchev–Trinajstić information content (AvgIpc) is 2.89. The molecule has 0 saturated carbocycles. The van der Waals surface area contributed by atoms with E-state index in [-0.39, 0.29) is 12.5 Å². The van der Waals surface area contributed by atoms with E-state index in [0.717, 1.165) is 39.6 Å². The van der Waals surface area contributed by atoms with Crippen molar-refractivity contribution < 1.29 is 19.0 Å². The summed E-state index contributed by atoms with van der Waals surface area (Å²) in [5.41, 5.74) is 5.22. The summed E-state index contributed by atoms with van der Waals surface area (Å²) >= 11 is 0. The summed E-state index contributed by atoms with van der Waals surface area (Å²) in [7, 11) is 0. The summed E-state index contributed by atoms with van der Waals surface area (Å²) in [5.74, 6) is 1.28. The van der Waals surface area contributed by atoms with Crippen molar-refractivity contribution in [1.82, 2.24) is 4.98 Å². The van der Waals surface area contributed by atoms with Crippen LogP contribution in [0.2, 0.25) is 0 Å². The van der Waals surface area contributed by atoms with Gasteiger partial charge in [0.1, 0.15) is 19.8 Å². The van der Waals surface area contributed by atoms with Crippen molar-refractivity contribution in [2.24, 2.45) is 0 Å². The number of ether oxygens (including phenoxy) is 3. The third kappa shape index (κ3) is 5.24. The molecule has 0 saturated heterocycles. The lowest BCUT2D eigenvalue weighted by Crippen LogP contribution is -2.18. The Hall–Kier alpha value is -4.16. The van der Waals surface area contributed by atoms with Gasteiger partial charge in [-0.3, -0.25) is 4.79 Å². The van der Waals surface area contributed by atoms with Crippen LogP contribution in [0.25, 0.3) is 22.5 Å². The lowest BCUT2D eigenvalue weighted by molar-refractivity contribution is -0.121. The highest BCUT2D eigenvalue weighted by Gasteiger charge is 2.13. The minimum absolute atomic E-state index is 0.0169. The van der Waals surface area contributed by atoms with Crippen LogP contribution < -0.4 is 14.8 Å². The van der Waals surface area contributed by atoms with Gasteiger partial charge in [-0.2, -0.15) is 0 Å². The molecular formula is C28H24N2O4. The summed E-state index contributed by atoms with van der Waals surface area (Å²) in [6.07, 6.45) is 0. The molecule has 1 aliphatic heterocycles. The van der Waals surface area contributed by atoms with E-state index in [1.54, 1.807) is 0 Å². The van der Waals surface area contributed by atoms with Gasteiger partial charge in [0.25, 0.3) is 0 Å². The van der Waals surface area contributed by atoms with Crippen LogP contribution in [0.5, 0.6) is 11.5 Å². The predicted molar refractivity (Wildman–Crippen MR) is 131 cm³/mol. The van der Waals surface area contributed by atoms with E-state index in [1.165, 1.54) is 0 Å². The second kappa shape index (κ2) is 10.2. The van der Waals surface area contributed by atoms with Gasteiger partial charge in [-0.05, 0) is 48.0 Å². The number of hydrogen-bond acceptors (Lipinski definition) is 5. The van der Waals surface area contributed by atoms with Gasteiger partial charge < -0.3 is 19.5 Å². The smallest absolute Gasteiger partial charge is 0.250 e. The van der Waals surface area contributed by atoms with Crippen molar-refractivity contribution in [3.05, 3.63) is 96.6 Å². The van der Waals surface area contributed by atoms with Gasteiger partial charge >= 0.3 is 0 Å². The molecule has 0 unspecified atom stereocenters. The van der Waals surface area contributed by atoms with Crippen molar-refractivity contribution >= 4 is 11.6 Å². The highest BCUT2D eigenvalue weighted by atomic mass is 16.6. The van der Waals surface area contributed by atoms with Gasteiger partial charge in [0.2, 0.25) is 5.91 Å². The van der Waals surface area contributed by atoms with Crippen LogP contribution in [0.1, 0.15) is 5.56 Å². The molecule has 1 aromatic heterocycles. The fourth-order valence-electron chi connectivity index (χ4n) is 3.75. The van der Waals surface area contributed by atoms with Gasteiger partial charge in [-0.15, -0.1) is 0 Å². The quantitative estimate of drug-likeness (QED) is 0.410. The van der Waals surface area contributed by atoms with E-state index in [9.17, 15) is 4.79 Å². The van der Waals surface area contributed by atoms with Gasteiger partial charge in [-0.25, -0.2) is 4.98 Å². The number of nitrogens with zero attached hydrogens (tertiary/aromatic N) is 1. The molecule has 6 heteroatoms. The lowest BCUT2D eigenvalue weighted by Gasteiger charge is -2.18. The fourth-order valence-corrected chi connectivity index (χ4v) is 3.75. The number of aromatic nitrogens is 1. The van der Waals surface area contributed by atoms with Crippen LogP contribution in [0.4, 0.5) is 5.69 Å². The number of carbonyl (C=O) groups excluding carboxylic acids is 1. The summed E-state index contributed by atoms with van der Waals surface area (Å²) in [5, 5.41) is 2.90. The van der Waals surface area contributed by atoms with E-state index in [2.05, 4.69) is 5.32 Å². The second-order valence-corrected chi connectivity index (χ2v) is 7.87. The maximum Gasteiger partial charge on any atom is 0.250 e. The van der Waals surface area contributed by atoms with E-state index in [1.807, 2.05) is 91.0 Å². The molecule has 1 amide bonds. The molecule has 0 fully saturated rings. The number of hydrogen-bond donors (Lipinski definition) is 1. The van der Waals surface area contributed by atoms with Crippen LogP contribution in [-0.4, -0.2) is 30.7 Å². The Bertz CT molecular complexity index is 1290. The Morgan fingerprint density at radius 1 is 0.794 bits per heavy atom. The van der Waals surface area contributed by atoms with E-state index < -0.39 is 0 Å². The maximum atomic E-state index is 12.3. The van der Waals surface area contributed by atoms with Crippen LogP contribution in [0, 0.1) is 0 Å². The molecule has 2 heterocycles. The van der Waals surface area contributed by atoms with Crippen molar-refractivity contribution in [1.29, 1.82) is 0 Å². The van der Waals surface area contributed by atoms with Crippen LogP contribution in [-0.2, 0) is 16.1 Å². The number of benzene rings is 3. The fraction of sp³-hybridized carbons (Fsp3) is 0.143. The zero-order valence-electron chi connectivity index (χ0n) is 18.6. The molecule has 4 aromatic rings. The monoisotopic (exact) mass is 452 g/mol. The Kier molecular flexibility index (Phi) is 6.49. The SMILES string of the molecule is O=C(COCc1ccccc1)Nc1cccc(-c2cccc(-c3ccc4c(c3)OCCO4)n2)c1. The first-order valence-electron chi connectivity index (χ1n) is 11.1. The van der Waals surface area contributed by atoms with Gasteiger partial charge in [0.05, 0.1) is 18.0 Å². The molecule has 5 rings (SSSR count). The molecule has 0 radical (unpaired) electrons. The topological polar surface area (TPSA) is 69.7 Å². The highest BCUT2D eigenvalue weighted by Crippen LogP contribution is 2.34. The largest absolute Gasteiger partial charge is 0.486 e. The average molecular weight is 453 g/mol. The van der Waals surface area contributed by atoms with E-state index >= 15 is 0 Å². The molecule has 0 aliphatic carbocycles. The molecule has 0 bridgehead atoms. The number of nitrogens with one attached hydrogen (secondary N) is 1. The van der Waals surface area contributed by atoms with Crippen molar-refractivity contribution in [3.8, 4) is 34.0 Å². The van der Waals surface area contributed by atoms with Crippen LogP contribution >= 0.6 is 0 Å². The number of amides is 1. The normalized spacial score (nSPS) is 12.2. The molecule has 1 N–H and O–H groups in total. The molecule has 170 valence electrons. The minimum atomic E-state index is -0.203. The first kappa shape index (κ1) is 21.7. The standard InChI is InChI=1S/C28H24N2O4/c31-28(19-32-18-20-6-2-1-3-7-20)29-23-9-4-8-21(16-23)24-10-5-11-25(30-24)22-12-13-26-27(17-22)34-15-14-33-26/h1-13,16-17H,14-15,18-19H2,(H,29,31). The molecular weight excluding hydrogens is 428 g/mol. The van der Waals surface area contributed by atoms with Crippen molar-refractivity contribution in [2.75, 3.05) is 25.1 Å². The molecule has 1 aliphatic rings. The van der Waals surface area contributed by atoms with Gasteiger partial charge in [0.15, 0.2) is 11.5 Å².